The van der Waals surface area contributed by atoms with Crippen LogP contribution in [0.15, 0.2) is 53.7 Å². The Morgan fingerprint density at radius 1 is 1.10 bits per heavy atom. The normalized spacial score (nSPS) is 10.0. The molecule has 0 saturated carbocycles. The Morgan fingerprint density at radius 3 is 2.48 bits per heavy atom. The van der Waals surface area contributed by atoms with E-state index in [4.69, 9.17) is 5.73 Å². The summed E-state index contributed by atoms with van der Waals surface area (Å²) in [7, 11) is 0. The lowest BCUT2D eigenvalue weighted by Gasteiger charge is -2.10. The third-order valence-electron chi connectivity index (χ3n) is 4.00. The predicted molar refractivity (Wildman–Crippen MR) is 112 cm³/mol. The molecule has 142 valence electrons. The number of rotatable bonds is 5. The van der Waals surface area contributed by atoms with E-state index in [0.29, 0.717) is 33.4 Å². The minimum atomic E-state index is -0.168. The summed E-state index contributed by atoms with van der Waals surface area (Å²) >= 11 is 1.34. The van der Waals surface area contributed by atoms with Crippen LogP contribution in [0.5, 0.6) is 0 Å². The van der Waals surface area contributed by atoms with Gasteiger partial charge in [0.15, 0.2) is 5.16 Å². The number of thioether (sulfide) groups is 1. The van der Waals surface area contributed by atoms with Crippen molar-refractivity contribution in [3.05, 3.63) is 65.2 Å². The summed E-state index contributed by atoms with van der Waals surface area (Å²) in [6, 6.07) is 18.5. The number of hydrogen-bond acceptors (Lipinski definition) is 7. The maximum absolute atomic E-state index is 11.2. The number of amides is 1. The number of nitrogens with two attached hydrogens (primary N) is 1. The van der Waals surface area contributed by atoms with E-state index in [1.54, 1.807) is 30.3 Å². The van der Waals surface area contributed by atoms with Crippen molar-refractivity contribution in [1.29, 1.82) is 10.5 Å². The van der Waals surface area contributed by atoms with E-state index in [0.717, 1.165) is 5.56 Å². The Kier molecular flexibility index (Phi) is 6.08. The number of aromatic nitrogens is 2. The highest BCUT2D eigenvalue weighted by Gasteiger charge is 2.15. The molecule has 0 spiro atoms. The SMILES string of the molecule is CC(=O)Nc1ccc(-c2nc(SCc3ccccc3C#N)nc(N)c2C#N)cc1. The van der Waals surface area contributed by atoms with Crippen molar-refractivity contribution in [2.75, 3.05) is 11.1 Å². The average molecular weight is 400 g/mol. The van der Waals surface area contributed by atoms with Crippen LogP contribution in [0.2, 0.25) is 0 Å². The van der Waals surface area contributed by atoms with E-state index in [1.165, 1.54) is 18.7 Å². The van der Waals surface area contributed by atoms with Crippen molar-refractivity contribution < 1.29 is 4.79 Å². The van der Waals surface area contributed by atoms with E-state index in [2.05, 4.69) is 27.4 Å². The molecule has 1 amide bonds. The first-order valence-corrected chi connectivity index (χ1v) is 9.57. The van der Waals surface area contributed by atoms with Crippen LogP contribution in [0, 0.1) is 22.7 Å². The Morgan fingerprint density at radius 2 is 1.83 bits per heavy atom. The van der Waals surface area contributed by atoms with Crippen molar-refractivity contribution in [3.63, 3.8) is 0 Å². The van der Waals surface area contributed by atoms with E-state index in [-0.39, 0.29) is 17.3 Å². The zero-order chi connectivity index (χ0) is 20.8. The second kappa shape index (κ2) is 8.87. The number of nitrogens with zero attached hydrogens (tertiary/aromatic N) is 4. The number of carbonyl (C=O) groups excluding carboxylic acids is 1. The van der Waals surface area contributed by atoms with Crippen molar-refractivity contribution in [2.45, 2.75) is 17.8 Å². The molecular weight excluding hydrogens is 384 g/mol. The first kappa shape index (κ1) is 19.9. The second-order valence-electron chi connectivity index (χ2n) is 6.04. The Bertz CT molecular complexity index is 1150. The van der Waals surface area contributed by atoms with Gasteiger partial charge in [0.2, 0.25) is 5.91 Å². The molecule has 0 aliphatic rings. The third kappa shape index (κ3) is 4.70. The molecule has 0 saturated heterocycles. The van der Waals surface area contributed by atoms with E-state index >= 15 is 0 Å². The van der Waals surface area contributed by atoms with Crippen molar-refractivity contribution in [1.82, 2.24) is 9.97 Å². The van der Waals surface area contributed by atoms with Gasteiger partial charge in [-0.15, -0.1) is 0 Å². The Balaban J connectivity index is 1.92. The maximum atomic E-state index is 11.2. The van der Waals surface area contributed by atoms with Crippen molar-refractivity contribution in [3.8, 4) is 23.4 Å². The van der Waals surface area contributed by atoms with Gasteiger partial charge >= 0.3 is 0 Å². The fourth-order valence-corrected chi connectivity index (χ4v) is 3.51. The number of carbonyl (C=O) groups is 1. The Labute approximate surface area is 172 Å². The number of hydrogen-bond donors (Lipinski definition) is 2. The van der Waals surface area contributed by atoms with Crippen LogP contribution in [0.25, 0.3) is 11.3 Å². The van der Waals surface area contributed by atoms with Crippen LogP contribution in [0.3, 0.4) is 0 Å². The lowest BCUT2D eigenvalue weighted by atomic mass is 10.1. The molecule has 0 bridgehead atoms. The first-order valence-electron chi connectivity index (χ1n) is 8.58. The topological polar surface area (TPSA) is 128 Å². The van der Waals surface area contributed by atoms with E-state index in [1.807, 2.05) is 18.2 Å². The standard InChI is InChI=1S/C21H16N6OS/c1-13(28)25-17-8-6-14(7-9-17)19-18(11-23)20(24)27-21(26-19)29-12-16-5-3-2-4-15(16)10-22/h2-9H,12H2,1H3,(H,25,28)(H2,24,26,27). The average Bonchev–Trinajstić information content (AvgIpc) is 2.72. The lowest BCUT2D eigenvalue weighted by molar-refractivity contribution is -0.114. The molecular formula is C21H16N6OS. The first-order chi connectivity index (χ1) is 14.0. The summed E-state index contributed by atoms with van der Waals surface area (Å²) < 4.78 is 0. The number of anilines is 2. The van der Waals surface area contributed by atoms with Gasteiger partial charge in [-0.2, -0.15) is 10.5 Å². The van der Waals surface area contributed by atoms with Gasteiger partial charge in [-0.25, -0.2) is 9.97 Å². The van der Waals surface area contributed by atoms with Crippen molar-refractivity contribution >= 4 is 29.2 Å². The monoisotopic (exact) mass is 400 g/mol. The molecule has 0 atom stereocenters. The summed E-state index contributed by atoms with van der Waals surface area (Å²) in [4.78, 5) is 19.9. The fourth-order valence-electron chi connectivity index (χ4n) is 2.65. The van der Waals surface area contributed by atoms with Crippen LogP contribution in [-0.2, 0) is 10.5 Å². The molecule has 3 rings (SSSR count). The Hall–Kier alpha value is -3.88. The lowest BCUT2D eigenvalue weighted by Crippen LogP contribution is -2.05. The number of nitrogens with one attached hydrogen (secondary N) is 1. The summed E-state index contributed by atoms with van der Waals surface area (Å²) in [6.45, 7) is 1.43. The van der Waals surface area contributed by atoms with Crippen LogP contribution in [0.1, 0.15) is 23.6 Å². The minimum Gasteiger partial charge on any atom is -0.382 e. The summed E-state index contributed by atoms with van der Waals surface area (Å²) in [5, 5.41) is 21.8. The highest BCUT2D eigenvalue weighted by molar-refractivity contribution is 7.98. The highest BCUT2D eigenvalue weighted by Crippen LogP contribution is 2.30. The number of benzene rings is 2. The number of nitriles is 2. The van der Waals surface area contributed by atoms with Gasteiger partial charge in [0.05, 0.1) is 17.3 Å². The van der Waals surface area contributed by atoms with Crippen LogP contribution < -0.4 is 11.1 Å². The minimum absolute atomic E-state index is 0.0968. The fraction of sp³-hybridized carbons (Fsp3) is 0.0952. The second-order valence-corrected chi connectivity index (χ2v) is 6.99. The van der Waals surface area contributed by atoms with E-state index < -0.39 is 0 Å². The van der Waals surface area contributed by atoms with Gasteiger partial charge in [-0.3, -0.25) is 4.79 Å². The summed E-state index contributed by atoms with van der Waals surface area (Å²) in [6.07, 6.45) is 0. The van der Waals surface area contributed by atoms with Crippen LogP contribution in [-0.4, -0.2) is 15.9 Å². The summed E-state index contributed by atoms with van der Waals surface area (Å²) in [5.74, 6) is 0.424. The van der Waals surface area contributed by atoms with Crippen molar-refractivity contribution in [2.24, 2.45) is 0 Å². The van der Waals surface area contributed by atoms with E-state index in [9.17, 15) is 15.3 Å². The molecule has 3 aromatic rings. The van der Waals surface area contributed by atoms with Crippen LogP contribution in [0.4, 0.5) is 11.5 Å². The molecule has 0 unspecified atom stereocenters. The molecule has 0 radical (unpaired) electrons. The maximum Gasteiger partial charge on any atom is 0.221 e. The predicted octanol–water partition coefficient (Wildman–Crippen LogP) is 3.72. The van der Waals surface area contributed by atoms with Gasteiger partial charge in [-0.1, -0.05) is 42.1 Å². The van der Waals surface area contributed by atoms with Gasteiger partial charge in [0.1, 0.15) is 17.5 Å². The molecule has 0 fully saturated rings. The summed E-state index contributed by atoms with van der Waals surface area (Å²) in [5.41, 5.74) is 9.40. The van der Waals surface area contributed by atoms with Gasteiger partial charge < -0.3 is 11.1 Å². The molecule has 8 heteroatoms. The zero-order valence-electron chi connectivity index (χ0n) is 15.5. The quantitative estimate of drug-likeness (QED) is 0.493. The largest absolute Gasteiger partial charge is 0.382 e. The smallest absolute Gasteiger partial charge is 0.221 e. The molecule has 29 heavy (non-hydrogen) atoms. The third-order valence-corrected chi connectivity index (χ3v) is 4.90. The molecule has 2 aromatic carbocycles. The molecule has 1 heterocycles. The molecule has 0 aliphatic heterocycles. The number of nitrogen functional groups attached to an aromatic ring is 1. The van der Waals surface area contributed by atoms with Gasteiger partial charge in [-0.05, 0) is 23.8 Å². The van der Waals surface area contributed by atoms with Gasteiger partial charge in [0.25, 0.3) is 0 Å². The molecule has 1 aromatic heterocycles. The highest BCUT2D eigenvalue weighted by atomic mass is 32.2. The molecule has 3 N–H and O–H groups in total. The molecule has 0 aliphatic carbocycles. The molecule has 7 nitrogen and oxygen atoms in total. The zero-order valence-corrected chi connectivity index (χ0v) is 16.3. The van der Waals surface area contributed by atoms with Gasteiger partial charge in [0, 0.05) is 23.9 Å². The van der Waals surface area contributed by atoms with Crippen LogP contribution >= 0.6 is 11.8 Å².